The zero-order valence-electron chi connectivity index (χ0n) is 11.3. The lowest BCUT2D eigenvalue weighted by molar-refractivity contribution is 0.288. The summed E-state index contributed by atoms with van der Waals surface area (Å²) in [5, 5.41) is 0.509. The van der Waals surface area contributed by atoms with Crippen molar-refractivity contribution in [2.24, 2.45) is 11.7 Å². The molecule has 0 aromatic heterocycles. The summed E-state index contributed by atoms with van der Waals surface area (Å²) in [6.45, 7) is 3.32. The van der Waals surface area contributed by atoms with E-state index in [1.807, 2.05) is 0 Å². The molecule has 4 nitrogen and oxygen atoms in total. The van der Waals surface area contributed by atoms with E-state index in [0.29, 0.717) is 29.6 Å². The molecule has 0 atom stereocenters. The molecule has 0 spiro atoms. The Labute approximate surface area is 129 Å². The highest BCUT2D eigenvalue weighted by molar-refractivity contribution is 7.89. The van der Waals surface area contributed by atoms with E-state index in [-0.39, 0.29) is 16.5 Å². The standard InChI is InChI=1S/C13H18Cl2N2O2S/c1-9-2-4-17(5-3-9)20(18,19)12-7-11(14)6-10(8-16)13(12)15/h6-7,9H,2-5,8,16H2,1H3. The van der Waals surface area contributed by atoms with E-state index in [4.69, 9.17) is 28.9 Å². The number of rotatable bonds is 3. The monoisotopic (exact) mass is 336 g/mol. The minimum Gasteiger partial charge on any atom is -0.326 e. The van der Waals surface area contributed by atoms with Crippen molar-refractivity contribution < 1.29 is 8.42 Å². The largest absolute Gasteiger partial charge is 0.326 e. The average molecular weight is 337 g/mol. The summed E-state index contributed by atoms with van der Waals surface area (Å²) in [5.41, 5.74) is 6.12. The van der Waals surface area contributed by atoms with Crippen molar-refractivity contribution in [3.05, 3.63) is 27.7 Å². The van der Waals surface area contributed by atoms with Crippen molar-refractivity contribution in [3.8, 4) is 0 Å². The summed E-state index contributed by atoms with van der Waals surface area (Å²) in [7, 11) is -3.61. The molecular weight excluding hydrogens is 319 g/mol. The van der Waals surface area contributed by atoms with Gasteiger partial charge in [0.2, 0.25) is 10.0 Å². The van der Waals surface area contributed by atoms with Gasteiger partial charge in [0, 0.05) is 24.7 Å². The molecule has 1 aromatic rings. The van der Waals surface area contributed by atoms with Gasteiger partial charge in [-0.05, 0) is 36.5 Å². The second-order valence-electron chi connectivity index (χ2n) is 5.17. The van der Waals surface area contributed by atoms with Crippen molar-refractivity contribution in [1.82, 2.24) is 4.31 Å². The van der Waals surface area contributed by atoms with Crippen LogP contribution < -0.4 is 5.73 Å². The van der Waals surface area contributed by atoms with Crippen LogP contribution in [0.5, 0.6) is 0 Å². The van der Waals surface area contributed by atoms with Gasteiger partial charge < -0.3 is 5.73 Å². The maximum absolute atomic E-state index is 12.7. The van der Waals surface area contributed by atoms with Crippen molar-refractivity contribution in [2.75, 3.05) is 13.1 Å². The number of benzene rings is 1. The highest BCUT2D eigenvalue weighted by Crippen LogP contribution is 2.32. The molecule has 1 saturated heterocycles. The molecule has 0 saturated carbocycles. The number of hydrogen-bond acceptors (Lipinski definition) is 3. The number of halogens is 2. The number of nitrogens with zero attached hydrogens (tertiary/aromatic N) is 1. The first kappa shape index (κ1) is 16.0. The lowest BCUT2D eigenvalue weighted by Gasteiger charge is -2.29. The van der Waals surface area contributed by atoms with E-state index in [0.717, 1.165) is 12.8 Å². The van der Waals surface area contributed by atoms with Crippen LogP contribution in [0.3, 0.4) is 0 Å². The summed E-state index contributed by atoms with van der Waals surface area (Å²) in [6, 6.07) is 3.00. The summed E-state index contributed by atoms with van der Waals surface area (Å²) in [4.78, 5) is 0.0571. The Kier molecular flexibility index (Phi) is 4.97. The first-order valence-electron chi connectivity index (χ1n) is 6.54. The first-order valence-corrected chi connectivity index (χ1v) is 8.74. The van der Waals surface area contributed by atoms with Gasteiger partial charge in [-0.1, -0.05) is 30.1 Å². The predicted octanol–water partition coefficient (Wildman–Crippen LogP) is 2.87. The molecule has 1 heterocycles. The van der Waals surface area contributed by atoms with Crippen LogP contribution in [0.15, 0.2) is 17.0 Å². The van der Waals surface area contributed by atoms with Crippen LogP contribution in [0, 0.1) is 5.92 Å². The Morgan fingerprint density at radius 3 is 2.45 bits per heavy atom. The SMILES string of the molecule is CC1CCN(S(=O)(=O)c2cc(Cl)cc(CN)c2Cl)CC1. The third-order valence-electron chi connectivity index (χ3n) is 3.66. The zero-order valence-corrected chi connectivity index (χ0v) is 13.6. The Balaban J connectivity index is 2.42. The normalized spacial score (nSPS) is 18.4. The van der Waals surface area contributed by atoms with Crippen LogP contribution in [0.2, 0.25) is 10.0 Å². The summed E-state index contributed by atoms with van der Waals surface area (Å²) in [6.07, 6.45) is 1.72. The van der Waals surface area contributed by atoms with E-state index in [1.165, 1.54) is 10.4 Å². The van der Waals surface area contributed by atoms with Gasteiger partial charge in [0.05, 0.1) is 5.02 Å². The topological polar surface area (TPSA) is 63.4 Å². The molecule has 2 N–H and O–H groups in total. The fourth-order valence-electron chi connectivity index (χ4n) is 2.32. The van der Waals surface area contributed by atoms with Gasteiger partial charge in [-0.2, -0.15) is 4.31 Å². The minimum atomic E-state index is -3.61. The molecule has 20 heavy (non-hydrogen) atoms. The van der Waals surface area contributed by atoms with Crippen LogP contribution in [-0.2, 0) is 16.6 Å². The molecule has 1 aliphatic heterocycles. The van der Waals surface area contributed by atoms with E-state index in [1.54, 1.807) is 6.07 Å². The molecule has 7 heteroatoms. The molecule has 0 radical (unpaired) electrons. The van der Waals surface area contributed by atoms with Crippen LogP contribution in [0.25, 0.3) is 0 Å². The third kappa shape index (κ3) is 3.12. The average Bonchev–Trinajstić information content (AvgIpc) is 2.41. The highest BCUT2D eigenvalue weighted by atomic mass is 35.5. The van der Waals surface area contributed by atoms with E-state index >= 15 is 0 Å². The molecule has 112 valence electrons. The van der Waals surface area contributed by atoms with E-state index in [2.05, 4.69) is 6.92 Å². The van der Waals surface area contributed by atoms with Gasteiger partial charge >= 0.3 is 0 Å². The molecule has 0 amide bonds. The Morgan fingerprint density at radius 2 is 1.90 bits per heavy atom. The van der Waals surface area contributed by atoms with Gasteiger partial charge in [-0.25, -0.2) is 8.42 Å². The number of piperidine rings is 1. The molecule has 1 aliphatic rings. The Bertz CT molecular complexity index is 597. The third-order valence-corrected chi connectivity index (χ3v) is 6.36. The number of nitrogens with two attached hydrogens (primary N) is 1. The fraction of sp³-hybridized carbons (Fsp3) is 0.538. The van der Waals surface area contributed by atoms with Crippen molar-refractivity contribution in [3.63, 3.8) is 0 Å². The molecule has 2 rings (SSSR count). The van der Waals surface area contributed by atoms with Crippen molar-refractivity contribution >= 4 is 33.2 Å². The van der Waals surface area contributed by atoms with Gasteiger partial charge in [0.15, 0.2) is 0 Å². The second-order valence-corrected chi connectivity index (χ2v) is 7.89. The summed E-state index contributed by atoms with van der Waals surface area (Å²) in [5.74, 6) is 0.552. The minimum absolute atomic E-state index is 0.0571. The van der Waals surface area contributed by atoms with Crippen LogP contribution in [0.1, 0.15) is 25.3 Å². The van der Waals surface area contributed by atoms with E-state index in [9.17, 15) is 8.42 Å². The Hall–Kier alpha value is -0.330. The summed E-state index contributed by atoms with van der Waals surface area (Å²) < 4.78 is 26.8. The van der Waals surface area contributed by atoms with Gasteiger partial charge in [0.1, 0.15) is 4.90 Å². The highest BCUT2D eigenvalue weighted by Gasteiger charge is 2.30. The van der Waals surface area contributed by atoms with Gasteiger partial charge in [0.25, 0.3) is 0 Å². The van der Waals surface area contributed by atoms with Gasteiger partial charge in [-0.3, -0.25) is 0 Å². The number of hydrogen-bond donors (Lipinski definition) is 1. The Morgan fingerprint density at radius 1 is 1.30 bits per heavy atom. The molecule has 1 aromatic carbocycles. The first-order chi connectivity index (χ1) is 9.36. The molecule has 0 bridgehead atoms. The van der Waals surface area contributed by atoms with Crippen molar-refractivity contribution in [1.29, 1.82) is 0 Å². The molecule has 0 aliphatic carbocycles. The lowest BCUT2D eigenvalue weighted by atomic mass is 10.0. The second kappa shape index (κ2) is 6.20. The predicted molar refractivity (Wildman–Crippen MR) is 81.5 cm³/mol. The molecule has 1 fully saturated rings. The zero-order chi connectivity index (χ0) is 14.9. The maximum Gasteiger partial charge on any atom is 0.244 e. The maximum atomic E-state index is 12.7. The van der Waals surface area contributed by atoms with Crippen molar-refractivity contribution in [2.45, 2.75) is 31.2 Å². The van der Waals surface area contributed by atoms with Crippen LogP contribution in [-0.4, -0.2) is 25.8 Å². The smallest absolute Gasteiger partial charge is 0.244 e. The summed E-state index contributed by atoms with van der Waals surface area (Å²) >= 11 is 12.1. The van der Waals surface area contributed by atoms with Crippen LogP contribution in [0.4, 0.5) is 0 Å². The van der Waals surface area contributed by atoms with E-state index < -0.39 is 10.0 Å². The lowest BCUT2D eigenvalue weighted by Crippen LogP contribution is -2.38. The molecule has 0 unspecified atom stereocenters. The fourth-order valence-corrected chi connectivity index (χ4v) is 4.71. The number of sulfonamides is 1. The van der Waals surface area contributed by atoms with Crippen LogP contribution >= 0.6 is 23.2 Å². The quantitative estimate of drug-likeness (QED) is 0.922. The molecular formula is C13H18Cl2N2O2S. The van der Waals surface area contributed by atoms with Gasteiger partial charge in [-0.15, -0.1) is 0 Å².